The van der Waals surface area contributed by atoms with Crippen LogP contribution < -0.4 is 10.8 Å². The molecule has 0 saturated heterocycles. The number of hydrogen-bond donors (Lipinski definition) is 5. The van der Waals surface area contributed by atoms with Gasteiger partial charge in [-0.15, -0.1) is 0 Å². The first-order chi connectivity index (χ1) is 16.9. The predicted molar refractivity (Wildman–Crippen MR) is 128 cm³/mol. The van der Waals surface area contributed by atoms with Crippen molar-refractivity contribution >= 4 is 11.8 Å². The molecule has 2 amide bonds. The van der Waals surface area contributed by atoms with E-state index >= 15 is 0 Å². The summed E-state index contributed by atoms with van der Waals surface area (Å²) in [5.74, 6) is 0.175. The van der Waals surface area contributed by atoms with E-state index in [9.17, 15) is 25.0 Å². The third-order valence-corrected chi connectivity index (χ3v) is 7.52. The monoisotopic (exact) mass is 479 g/mol. The largest absolute Gasteiger partial charge is 0.508 e. The van der Waals surface area contributed by atoms with E-state index < -0.39 is 24.1 Å². The van der Waals surface area contributed by atoms with E-state index in [2.05, 4.69) is 5.32 Å². The van der Waals surface area contributed by atoms with Crippen LogP contribution in [0, 0.1) is 11.8 Å². The molecule has 186 valence electrons. The van der Waals surface area contributed by atoms with Crippen molar-refractivity contribution in [3.8, 4) is 5.75 Å². The minimum Gasteiger partial charge on any atom is -0.508 e. The zero-order valence-corrected chi connectivity index (χ0v) is 19.6. The van der Waals surface area contributed by atoms with Crippen LogP contribution in [0.25, 0.3) is 0 Å². The molecule has 3 aliphatic rings. The maximum atomic E-state index is 14.2. The number of amides is 2. The quantitative estimate of drug-likeness (QED) is 0.264. The molecule has 0 radical (unpaired) electrons. The second-order valence-electron chi connectivity index (χ2n) is 10.2. The number of hydroxylamine groups is 1. The first kappa shape index (κ1) is 23.8. The van der Waals surface area contributed by atoms with Gasteiger partial charge in [-0.1, -0.05) is 36.4 Å². The van der Waals surface area contributed by atoms with Crippen molar-refractivity contribution < 1.29 is 25.0 Å². The SMILES string of the molecule is O=C(C[C@@H](NC(C1CC1)C1CC1)C(=O)N(Cc1cccc(O)c1)[C@H]1c2ccccc2C[C@H]1O)NO. The molecule has 5 rings (SSSR count). The minimum atomic E-state index is -0.842. The Morgan fingerprint density at radius 2 is 1.74 bits per heavy atom. The van der Waals surface area contributed by atoms with Gasteiger partial charge in [0.05, 0.1) is 24.6 Å². The van der Waals surface area contributed by atoms with Gasteiger partial charge in [-0.3, -0.25) is 14.8 Å². The van der Waals surface area contributed by atoms with Crippen LogP contribution in [-0.2, 0) is 22.6 Å². The molecule has 8 heteroatoms. The second kappa shape index (κ2) is 9.97. The lowest BCUT2D eigenvalue weighted by Gasteiger charge is -2.36. The summed E-state index contributed by atoms with van der Waals surface area (Å²) in [5, 5.41) is 33.8. The molecule has 0 aliphatic heterocycles. The zero-order valence-electron chi connectivity index (χ0n) is 19.6. The number of carbonyl (C=O) groups excluding carboxylic acids is 2. The molecule has 0 spiro atoms. The van der Waals surface area contributed by atoms with E-state index in [1.165, 1.54) is 0 Å². The summed E-state index contributed by atoms with van der Waals surface area (Å²) in [6.45, 7) is 0.166. The van der Waals surface area contributed by atoms with E-state index in [4.69, 9.17) is 0 Å². The van der Waals surface area contributed by atoms with Crippen LogP contribution in [0.4, 0.5) is 0 Å². The average Bonchev–Trinajstić information content (AvgIpc) is 3.77. The van der Waals surface area contributed by atoms with Crippen molar-refractivity contribution in [3.63, 3.8) is 0 Å². The molecular formula is C27H33N3O5. The molecule has 3 atom stereocenters. The van der Waals surface area contributed by atoms with E-state index in [0.717, 1.165) is 42.4 Å². The molecule has 0 bridgehead atoms. The Kier molecular flexibility index (Phi) is 6.77. The van der Waals surface area contributed by atoms with Crippen LogP contribution in [0.15, 0.2) is 48.5 Å². The summed E-state index contributed by atoms with van der Waals surface area (Å²) in [6, 6.07) is 13.2. The Labute approximate surface area is 204 Å². The highest BCUT2D eigenvalue weighted by Gasteiger charge is 2.45. The molecule has 0 unspecified atom stereocenters. The van der Waals surface area contributed by atoms with Gasteiger partial charge in [0.15, 0.2) is 0 Å². The van der Waals surface area contributed by atoms with Gasteiger partial charge in [0.1, 0.15) is 5.75 Å². The smallest absolute Gasteiger partial charge is 0.245 e. The number of nitrogens with one attached hydrogen (secondary N) is 2. The van der Waals surface area contributed by atoms with Crippen molar-refractivity contribution in [1.82, 2.24) is 15.7 Å². The van der Waals surface area contributed by atoms with Crippen molar-refractivity contribution in [2.45, 2.75) is 69.3 Å². The fourth-order valence-corrected chi connectivity index (χ4v) is 5.54. The van der Waals surface area contributed by atoms with Crippen LogP contribution in [0.1, 0.15) is 54.8 Å². The molecule has 5 N–H and O–H groups in total. The predicted octanol–water partition coefficient (Wildman–Crippen LogP) is 2.42. The van der Waals surface area contributed by atoms with E-state index in [0.29, 0.717) is 18.3 Å². The number of phenols is 1. The zero-order chi connectivity index (χ0) is 24.5. The summed E-state index contributed by atoms with van der Waals surface area (Å²) < 4.78 is 0. The van der Waals surface area contributed by atoms with Gasteiger partial charge in [0, 0.05) is 19.0 Å². The van der Waals surface area contributed by atoms with Crippen LogP contribution in [0.5, 0.6) is 5.75 Å². The maximum absolute atomic E-state index is 14.2. The van der Waals surface area contributed by atoms with E-state index in [1.807, 2.05) is 30.3 Å². The van der Waals surface area contributed by atoms with Gasteiger partial charge in [0.2, 0.25) is 11.8 Å². The summed E-state index contributed by atoms with van der Waals surface area (Å²) in [6.07, 6.45) is 3.90. The Hall–Kier alpha value is -2.94. The topological polar surface area (TPSA) is 122 Å². The van der Waals surface area contributed by atoms with Gasteiger partial charge in [0.25, 0.3) is 0 Å². The van der Waals surface area contributed by atoms with Crippen LogP contribution >= 0.6 is 0 Å². The number of fused-ring (bicyclic) bond motifs is 1. The number of nitrogens with zero attached hydrogens (tertiary/aromatic N) is 1. The number of phenolic OH excluding ortho intramolecular Hbond substituents is 1. The van der Waals surface area contributed by atoms with Crippen molar-refractivity contribution in [1.29, 1.82) is 0 Å². The van der Waals surface area contributed by atoms with Gasteiger partial charge < -0.3 is 20.4 Å². The highest BCUT2D eigenvalue weighted by atomic mass is 16.5. The molecule has 2 fully saturated rings. The normalized spacial score (nSPS) is 22.0. The fourth-order valence-electron chi connectivity index (χ4n) is 5.54. The van der Waals surface area contributed by atoms with Crippen molar-refractivity contribution in [3.05, 3.63) is 65.2 Å². The third kappa shape index (κ3) is 5.34. The molecule has 8 nitrogen and oxygen atoms in total. The Balaban J connectivity index is 1.48. The number of hydrogen-bond acceptors (Lipinski definition) is 6. The second-order valence-corrected chi connectivity index (χ2v) is 10.2. The van der Waals surface area contributed by atoms with Crippen LogP contribution in [0.3, 0.4) is 0 Å². The third-order valence-electron chi connectivity index (χ3n) is 7.52. The molecule has 0 heterocycles. The molecule has 2 aromatic rings. The summed E-state index contributed by atoms with van der Waals surface area (Å²) in [5.41, 5.74) is 4.27. The lowest BCUT2D eigenvalue weighted by atomic mass is 10.0. The minimum absolute atomic E-state index is 0.0964. The van der Waals surface area contributed by atoms with Crippen LogP contribution in [0.2, 0.25) is 0 Å². The number of rotatable bonds is 10. The van der Waals surface area contributed by atoms with Gasteiger partial charge in [-0.05, 0) is 66.3 Å². The van der Waals surface area contributed by atoms with Gasteiger partial charge >= 0.3 is 0 Å². The lowest BCUT2D eigenvalue weighted by molar-refractivity contribution is -0.143. The molecule has 35 heavy (non-hydrogen) atoms. The standard InChI is InChI=1S/C27H33N3O5/c31-20-6-3-4-16(12-20)15-30(26-21-7-2-1-5-19(21)13-23(26)32)27(34)22(14-24(33)29-35)28-25(17-8-9-17)18-10-11-18/h1-7,12,17-18,22-23,25-26,28,31-32,35H,8-11,13-15H2,(H,29,33)/t22-,23-,26+/m1/s1. The van der Waals surface area contributed by atoms with Crippen LogP contribution in [-0.4, -0.2) is 50.3 Å². The van der Waals surface area contributed by atoms with Gasteiger partial charge in [-0.25, -0.2) is 5.48 Å². The molecule has 0 aromatic heterocycles. The first-order valence-electron chi connectivity index (χ1n) is 12.5. The number of aliphatic hydroxyl groups excluding tert-OH is 1. The molecule has 2 saturated carbocycles. The molecule has 2 aromatic carbocycles. The molecular weight excluding hydrogens is 446 g/mol. The highest BCUT2D eigenvalue weighted by molar-refractivity contribution is 5.88. The van der Waals surface area contributed by atoms with E-state index in [1.54, 1.807) is 28.6 Å². The maximum Gasteiger partial charge on any atom is 0.245 e. The van der Waals surface area contributed by atoms with Crippen molar-refractivity contribution in [2.75, 3.05) is 0 Å². The molecule has 3 aliphatic carbocycles. The Bertz CT molecular complexity index is 1070. The number of aliphatic hydroxyl groups is 1. The van der Waals surface area contributed by atoms with E-state index in [-0.39, 0.29) is 30.7 Å². The number of aromatic hydroxyl groups is 1. The Morgan fingerprint density at radius 3 is 2.40 bits per heavy atom. The fraction of sp³-hybridized carbons (Fsp3) is 0.481. The summed E-state index contributed by atoms with van der Waals surface area (Å²) >= 11 is 0. The average molecular weight is 480 g/mol. The first-order valence-corrected chi connectivity index (χ1v) is 12.5. The van der Waals surface area contributed by atoms with Gasteiger partial charge in [-0.2, -0.15) is 0 Å². The Morgan fingerprint density at radius 1 is 1.03 bits per heavy atom. The lowest BCUT2D eigenvalue weighted by Crippen LogP contribution is -2.54. The summed E-state index contributed by atoms with van der Waals surface area (Å²) in [7, 11) is 0. The summed E-state index contributed by atoms with van der Waals surface area (Å²) in [4.78, 5) is 28.0. The van der Waals surface area contributed by atoms with Crippen molar-refractivity contribution in [2.24, 2.45) is 11.8 Å². The highest BCUT2D eigenvalue weighted by Crippen LogP contribution is 2.45. The number of carbonyl (C=O) groups is 2. The number of benzene rings is 2.